The van der Waals surface area contributed by atoms with E-state index in [-0.39, 0.29) is 24.5 Å². The molecular weight excluding hydrogens is 354 g/mol. The van der Waals surface area contributed by atoms with Gasteiger partial charge in [-0.15, -0.1) is 0 Å². The summed E-state index contributed by atoms with van der Waals surface area (Å²) in [6, 6.07) is 5.41. The van der Waals surface area contributed by atoms with Gasteiger partial charge in [0.25, 0.3) is 5.91 Å². The Morgan fingerprint density at radius 1 is 1.41 bits per heavy atom. The molecule has 1 heterocycles. The van der Waals surface area contributed by atoms with Crippen LogP contribution in [0, 0.1) is 6.92 Å². The number of anilines is 1. The molecule has 0 aromatic heterocycles. The summed E-state index contributed by atoms with van der Waals surface area (Å²) in [5.41, 5.74) is 3.83. The van der Waals surface area contributed by atoms with E-state index in [1.807, 2.05) is 13.0 Å². The summed E-state index contributed by atoms with van der Waals surface area (Å²) in [6.07, 6.45) is 0.385. The summed E-state index contributed by atoms with van der Waals surface area (Å²) >= 11 is 3.34. The van der Waals surface area contributed by atoms with E-state index in [1.165, 1.54) is 0 Å². The van der Waals surface area contributed by atoms with Crippen molar-refractivity contribution in [3.63, 3.8) is 0 Å². The van der Waals surface area contributed by atoms with Crippen molar-refractivity contribution in [3.8, 4) is 0 Å². The molecule has 1 aliphatic heterocycles. The fourth-order valence-electron chi connectivity index (χ4n) is 1.79. The molecule has 116 valence electrons. The number of carbonyl (C=O) groups excluding carboxylic acids is 3. The topological polar surface area (TPSA) is 96.9 Å². The Morgan fingerprint density at radius 3 is 2.82 bits per heavy atom. The molecule has 0 radical (unpaired) electrons. The van der Waals surface area contributed by atoms with Gasteiger partial charge in [-0.05, 0) is 30.7 Å². The molecule has 7 nitrogen and oxygen atoms in total. The molecule has 1 aliphatic rings. The number of rotatable bonds is 4. The van der Waals surface area contributed by atoms with E-state index in [1.54, 1.807) is 12.1 Å². The summed E-state index contributed by atoms with van der Waals surface area (Å²) < 4.78 is 5.78. The lowest BCUT2D eigenvalue weighted by atomic mass is 10.2. The maximum Gasteiger partial charge on any atom is 0.355 e. The van der Waals surface area contributed by atoms with Gasteiger partial charge in [0.15, 0.2) is 6.61 Å². The van der Waals surface area contributed by atoms with Crippen LogP contribution in [0.4, 0.5) is 5.69 Å². The highest BCUT2D eigenvalue weighted by Gasteiger charge is 2.20. The van der Waals surface area contributed by atoms with Crippen LogP contribution in [0.25, 0.3) is 0 Å². The second-order valence-corrected chi connectivity index (χ2v) is 5.59. The SMILES string of the molecule is Cc1cc(Br)ccc1NC(=O)COC(=O)C1=NNC(=O)CC1. The first-order chi connectivity index (χ1) is 10.5. The lowest BCUT2D eigenvalue weighted by Gasteiger charge is -2.12. The molecule has 1 aromatic carbocycles. The summed E-state index contributed by atoms with van der Waals surface area (Å²) in [5, 5.41) is 6.26. The highest BCUT2D eigenvalue weighted by atomic mass is 79.9. The monoisotopic (exact) mass is 367 g/mol. The Labute approximate surface area is 135 Å². The number of halogens is 1. The average Bonchev–Trinajstić information content (AvgIpc) is 2.48. The van der Waals surface area contributed by atoms with Crippen LogP contribution < -0.4 is 10.7 Å². The number of amides is 2. The van der Waals surface area contributed by atoms with Gasteiger partial charge in [-0.3, -0.25) is 9.59 Å². The van der Waals surface area contributed by atoms with Gasteiger partial charge in [0.05, 0.1) is 0 Å². The Bertz CT molecular complexity index is 657. The van der Waals surface area contributed by atoms with Crippen LogP contribution >= 0.6 is 15.9 Å². The van der Waals surface area contributed by atoms with Crippen molar-refractivity contribution in [2.75, 3.05) is 11.9 Å². The third-order valence-corrected chi connectivity index (χ3v) is 3.43. The van der Waals surface area contributed by atoms with Crippen molar-refractivity contribution in [1.82, 2.24) is 5.43 Å². The van der Waals surface area contributed by atoms with Gasteiger partial charge < -0.3 is 10.1 Å². The Kier molecular flexibility index (Phi) is 5.26. The van der Waals surface area contributed by atoms with Crippen molar-refractivity contribution in [3.05, 3.63) is 28.2 Å². The minimum Gasteiger partial charge on any atom is -0.451 e. The number of ether oxygens (including phenoxy) is 1. The summed E-state index contributed by atoms with van der Waals surface area (Å²) in [4.78, 5) is 34.4. The van der Waals surface area contributed by atoms with Crippen LogP contribution in [0.1, 0.15) is 18.4 Å². The molecule has 2 amide bonds. The number of benzene rings is 1. The number of hydrogen-bond acceptors (Lipinski definition) is 5. The molecule has 22 heavy (non-hydrogen) atoms. The Hall–Kier alpha value is -2.22. The number of carbonyl (C=O) groups is 3. The predicted molar refractivity (Wildman–Crippen MR) is 83.3 cm³/mol. The third kappa shape index (κ3) is 4.39. The van der Waals surface area contributed by atoms with Gasteiger partial charge in [-0.1, -0.05) is 15.9 Å². The van der Waals surface area contributed by atoms with Crippen molar-refractivity contribution < 1.29 is 19.1 Å². The van der Waals surface area contributed by atoms with E-state index >= 15 is 0 Å². The number of hydrogen-bond donors (Lipinski definition) is 2. The molecule has 0 fully saturated rings. The summed E-state index contributed by atoms with van der Waals surface area (Å²) in [6.45, 7) is 1.44. The van der Waals surface area contributed by atoms with Crippen molar-refractivity contribution in [1.29, 1.82) is 0 Å². The molecule has 0 bridgehead atoms. The molecule has 2 N–H and O–H groups in total. The van der Waals surface area contributed by atoms with Crippen LogP contribution in [0.2, 0.25) is 0 Å². The van der Waals surface area contributed by atoms with E-state index in [4.69, 9.17) is 4.74 Å². The zero-order valence-electron chi connectivity index (χ0n) is 11.8. The van der Waals surface area contributed by atoms with Crippen molar-refractivity contribution in [2.24, 2.45) is 5.10 Å². The van der Waals surface area contributed by atoms with Crippen LogP contribution in [0.3, 0.4) is 0 Å². The van der Waals surface area contributed by atoms with Crippen molar-refractivity contribution in [2.45, 2.75) is 19.8 Å². The molecule has 0 atom stereocenters. The molecule has 0 spiro atoms. The molecular formula is C14H14BrN3O4. The van der Waals surface area contributed by atoms with Crippen molar-refractivity contribution >= 4 is 45.1 Å². The summed E-state index contributed by atoms with van der Waals surface area (Å²) in [5.74, 6) is -1.40. The highest BCUT2D eigenvalue weighted by Crippen LogP contribution is 2.19. The molecule has 0 saturated carbocycles. The Balaban J connectivity index is 1.85. The molecule has 0 unspecified atom stereocenters. The molecule has 0 saturated heterocycles. The fraction of sp³-hybridized carbons (Fsp3) is 0.286. The fourth-order valence-corrected chi connectivity index (χ4v) is 2.26. The number of hydrazone groups is 1. The second-order valence-electron chi connectivity index (χ2n) is 4.68. The Morgan fingerprint density at radius 2 is 2.18 bits per heavy atom. The van der Waals surface area contributed by atoms with Gasteiger partial charge in [0.1, 0.15) is 5.71 Å². The maximum absolute atomic E-state index is 11.8. The largest absolute Gasteiger partial charge is 0.451 e. The first-order valence-corrected chi connectivity index (χ1v) is 7.33. The lowest BCUT2D eigenvalue weighted by molar-refractivity contribution is -0.140. The first-order valence-electron chi connectivity index (χ1n) is 6.54. The maximum atomic E-state index is 11.8. The van der Waals surface area contributed by atoms with E-state index in [9.17, 15) is 14.4 Å². The van der Waals surface area contributed by atoms with E-state index < -0.39 is 18.5 Å². The standard InChI is InChI=1S/C14H14BrN3O4/c1-8-6-9(15)2-3-10(8)16-13(20)7-22-14(21)11-4-5-12(19)18-17-11/h2-3,6H,4-5,7H2,1H3,(H,16,20)(H,18,19). The van der Waals surface area contributed by atoms with Gasteiger partial charge >= 0.3 is 5.97 Å². The smallest absolute Gasteiger partial charge is 0.355 e. The van der Waals surface area contributed by atoms with E-state index in [0.717, 1.165) is 10.0 Å². The number of aryl methyl sites for hydroxylation is 1. The second kappa shape index (κ2) is 7.17. The van der Waals surface area contributed by atoms with Crippen LogP contribution in [0.15, 0.2) is 27.8 Å². The van der Waals surface area contributed by atoms with E-state index in [0.29, 0.717) is 5.69 Å². The van der Waals surface area contributed by atoms with Gasteiger partial charge in [0, 0.05) is 23.0 Å². The van der Waals surface area contributed by atoms with Gasteiger partial charge in [0.2, 0.25) is 5.91 Å². The van der Waals surface area contributed by atoms with Crippen LogP contribution in [-0.2, 0) is 19.1 Å². The minimum atomic E-state index is -0.706. The lowest BCUT2D eigenvalue weighted by Crippen LogP contribution is -2.32. The van der Waals surface area contributed by atoms with Crippen LogP contribution in [0.5, 0.6) is 0 Å². The number of nitrogens with zero attached hydrogens (tertiary/aromatic N) is 1. The van der Waals surface area contributed by atoms with Gasteiger partial charge in [-0.2, -0.15) is 5.10 Å². The molecule has 2 rings (SSSR count). The third-order valence-electron chi connectivity index (χ3n) is 2.94. The number of nitrogens with one attached hydrogen (secondary N) is 2. The van der Waals surface area contributed by atoms with E-state index in [2.05, 4.69) is 31.8 Å². The number of esters is 1. The summed E-state index contributed by atoms with van der Waals surface area (Å²) in [7, 11) is 0. The van der Waals surface area contributed by atoms with Gasteiger partial charge in [-0.25, -0.2) is 10.2 Å². The normalized spacial score (nSPS) is 13.9. The predicted octanol–water partition coefficient (Wildman–Crippen LogP) is 1.51. The minimum absolute atomic E-state index is 0.104. The quantitative estimate of drug-likeness (QED) is 0.788. The molecule has 8 heteroatoms. The first kappa shape index (κ1) is 16.2. The highest BCUT2D eigenvalue weighted by molar-refractivity contribution is 9.10. The average molecular weight is 368 g/mol. The zero-order valence-corrected chi connectivity index (χ0v) is 13.4. The van der Waals surface area contributed by atoms with Crippen LogP contribution in [-0.4, -0.2) is 30.1 Å². The molecule has 0 aliphatic carbocycles. The zero-order chi connectivity index (χ0) is 16.1. The molecule has 1 aromatic rings.